The van der Waals surface area contributed by atoms with Gasteiger partial charge >= 0.3 is 0 Å². The van der Waals surface area contributed by atoms with Crippen molar-refractivity contribution in [3.8, 4) is 0 Å². The molecule has 3 heteroatoms. The van der Waals surface area contributed by atoms with Crippen molar-refractivity contribution in [2.45, 2.75) is 44.6 Å². The van der Waals surface area contributed by atoms with Crippen LogP contribution in [0, 0.1) is 0 Å². The van der Waals surface area contributed by atoms with Gasteiger partial charge in [-0.3, -0.25) is 4.79 Å². The van der Waals surface area contributed by atoms with Crippen molar-refractivity contribution >= 4 is 5.91 Å². The Kier molecular flexibility index (Phi) is 4.97. The quantitative estimate of drug-likeness (QED) is 0.855. The van der Waals surface area contributed by atoms with Crippen molar-refractivity contribution in [1.82, 2.24) is 4.90 Å². The highest BCUT2D eigenvalue weighted by Gasteiger charge is 2.32. The fraction of sp³-hybridized carbons (Fsp3) is 0.562. The number of carbonyl (C=O) groups excluding carboxylic acids is 1. The summed E-state index contributed by atoms with van der Waals surface area (Å²) in [5, 5.41) is 9.19. The third kappa shape index (κ3) is 3.16. The number of nitrogens with zero attached hydrogens (tertiary/aromatic N) is 1. The van der Waals surface area contributed by atoms with Crippen LogP contribution in [0.5, 0.6) is 0 Å². The molecule has 1 atom stereocenters. The van der Waals surface area contributed by atoms with Crippen molar-refractivity contribution in [3.63, 3.8) is 0 Å². The van der Waals surface area contributed by atoms with Crippen LogP contribution >= 0.6 is 0 Å². The Morgan fingerprint density at radius 1 is 1.37 bits per heavy atom. The van der Waals surface area contributed by atoms with E-state index in [0.29, 0.717) is 12.6 Å². The molecular formula is C16H23NO2. The molecule has 1 aliphatic carbocycles. The van der Waals surface area contributed by atoms with E-state index in [4.69, 9.17) is 0 Å². The summed E-state index contributed by atoms with van der Waals surface area (Å²) in [6, 6.07) is 10.3. The van der Waals surface area contributed by atoms with Gasteiger partial charge in [-0.15, -0.1) is 0 Å². The summed E-state index contributed by atoms with van der Waals surface area (Å²) >= 11 is 0. The Labute approximate surface area is 115 Å². The van der Waals surface area contributed by atoms with Gasteiger partial charge in [0.05, 0.1) is 12.5 Å². The first kappa shape index (κ1) is 14.1. The highest BCUT2D eigenvalue weighted by molar-refractivity contribution is 5.84. The number of hydrogen-bond donors (Lipinski definition) is 1. The topological polar surface area (TPSA) is 40.5 Å². The Bertz CT molecular complexity index is 400. The second-order valence-electron chi connectivity index (χ2n) is 5.21. The number of amides is 1. The average molecular weight is 261 g/mol. The molecule has 0 heterocycles. The lowest BCUT2D eigenvalue weighted by Gasteiger charge is -2.39. The first-order valence-electron chi connectivity index (χ1n) is 7.24. The van der Waals surface area contributed by atoms with Crippen LogP contribution in [0.4, 0.5) is 0 Å². The molecular weight excluding hydrogens is 238 g/mol. The molecule has 0 saturated heterocycles. The zero-order chi connectivity index (χ0) is 13.7. The maximum atomic E-state index is 12.7. The molecule has 2 rings (SSSR count). The van der Waals surface area contributed by atoms with E-state index >= 15 is 0 Å². The maximum Gasteiger partial charge on any atom is 0.230 e. The zero-order valence-corrected chi connectivity index (χ0v) is 11.6. The Hall–Kier alpha value is -1.35. The van der Waals surface area contributed by atoms with Gasteiger partial charge in [0, 0.05) is 12.6 Å². The molecule has 104 valence electrons. The molecule has 1 saturated carbocycles. The third-order valence-electron chi connectivity index (χ3n) is 4.05. The molecule has 0 aliphatic heterocycles. The van der Waals surface area contributed by atoms with Crippen LogP contribution in [0.2, 0.25) is 0 Å². The summed E-state index contributed by atoms with van der Waals surface area (Å²) in [5.74, 6) is 0.0980. The molecule has 0 bridgehead atoms. The molecule has 0 radical (unpaired) electrons. The lowest BCUT2D eigenvalue weighted by molar-refractivity contribution is -0.137. The van der Waals surface area contributed by atoms with E-state index in [-0.39, 0.29) is 18.4 Å². The van der Waals surface area contributed by atoms with Gasteiger partial charge in [0.15, 0.2) is 0 Å². The van der Waals surface area contributed by atoms with Gasteiger partial charge in [-0.2, -0.15) is 0 Å². The molecule has 1 N–H and O–H groups in total. The molecule has 1 amide bonds. The van der Waals surface area contributed by atoms with E-state index in [0.717, 1.165) is 24.8 Å². The van der Waals surface area contributed by atoms with Gasteiger partial charge in [0.1, 0.15) is 0 Å². The number of rotatable bonds is 6. The molecule has 0 spiro atoms. The molecule has 19 heavy (non-hydrogen) atoms. The van der Waals surface area contributed by atoms with Crippen LogP contribution in [0.1, 0.15) is 44.1 Å². The summed E-state index contributed by atoms with van der Waals surface area (Å²) in [6.07, 6.45) is 4.16. The number of aliphatic hydroxyl groups is 1. The van der Waals surface area contributed by atoms with E-state index in [1.807, 2.05) is 42.2 Å². The Morgan fingerprint density at radius 2 is 2.05 bits per heavy atom. The van der Waals surface area contributed by atoms with Gasteiger partial charge in [0.25, 0.3) is 0 Å². The summed E-state index contributed by atoms with van der Waals surface area (Å²) in [7, 11) is 0. The van der Waals surface area contributed by atoms with E-state index in [9.17, 15) is 9.90 Å². The Balaban J connectivity index is 2.14. The minimum absolute atomic E-state index is 0.0491. The van der Waals surface area contributed by atoms with Gasteiger partial charge in [-0.1, -0.05) is 37.3 Å². The molecule has 1 fully saturated rings. The summed E-state index contributed by atoms with van der Waals surface area (Å²) in [6.45, 7) is 2.56. The largest absolute Gasteiger partial charge is 0.395 e. The standard InChI is InChI=1S/C16H23NO2/c1-2-15(13-7-4-3-5-8-13)16(19)17(11-12-18)14-9-6-10-14/h3-5,7-8,14-15,18H,2,6,9-12H2,1H3. The fourth-order valence-electron chi connectivity index (χ4n) is 2.72. The smallest absolute Gasteiger partial charge is 0.230 e. The van der Waals surface area contributed by atoms with Crippen molar-refractivity contribution in [2.24, 2.45) is 0 Å². The monoisotopic (exact) mass is 261 g/mol. The fourth-order valence-corrected chi connectivity index (χ4v) is 2.72. The zero-order valence-electron chi connectivity index (χ0n) is 11.6. The molecule has 1 unspecified atom stereocenters. The van der Waals surface area contributed by atoms with Crippen molar-refractivity contribution in [1.29, 1.82) is 0 Å². The average Bonchev–Trinajstić information content (AvgIpc) is 2.38. The first-order chi connectivity index (χ1) is 9.27. The maximum absolute atomic E-state index is 12.7. The second kappa shape index (κ2) is 6.71. The number of aliphatic hydroxyl groups excluding tert-OH is 1. The van der Waals surface area contributed by atoms with Crippen LogP contribution in [0.15, 0.2) is 30.3 Å². The lowest BCUT2D eigenvalue weighted by Crippen LogP contribution is -2.47. The lowest BCUT2D eigenvalue weighted by atomic mass is 9.88. The Morgan fingerprint density at radius 3 is 2.53 bits per heavy atom. The third-order valence-corrected chi connectivity index (χ3v) is 4.05. The van der Waals surface area contributed by atoms with Crippen LogP contribution in [-0.4, -0.2) is 35.1 Å². The second-order valence-corrected chi connectivity index (χ2v) is 5.21. The van der Waals surface area contributed by atoms with Crippen LogP contribution < -0.4 is 0 Å². The molecule has 1 aromatic carbocycles. The number of carbonyl (C=O) groups is 1. The highest BCUT2D eigenvalue weighted by atomic mass is 16.3. The van der Waals surface area contributed by atoms with Crippen LogP contribution in [-0.2, 0) is 4.79 Å². The normalized spacial score (nSPS) is 16.7. The summed E-state index contributed by atoms with van der Waals surface area (Å²) in [4.78, 5) is 14.6. The predicted molar refractivity (Wildman–Crippen MR) is 75.9 cm³/mol. The predicted octanol–water partition coefficient (Wildman–Crippen LogP) is 2.55. The van der Waals surface area contributed by atoms with Gasteiger partial charge in [-0.05, 0) is 31.2 Å². The number of hydrogen-bond acceptors (Lipinski definition) is 2. The van der Waals surface area contributed by atoms with Crippen LogP contribution in [0.3, 0.4) is 0 Å². The van der Waals surface area contributed by atoms with Gasteiger partial charge in [0.2, 0.25) is 5.91 Å². The molecule has 0 aromatic heterocycles. The van der Waals surface area contributed by atoms with Crippen molar-refractivity contribution in [3.05, 3.63) is 35.9 Å². The minimum Gasteiger partial charge on any atom is -0.395 e. The van der Waals surface area contributed by atoms with Gasteiger partial charge < -0.3 is 10.0 Å². The van der Waals surface area contributed by atoms with E-state index < -0.39 is 0 Å². The van der Waals surface area contributed by atoms with Crippen LogP contribution in [0.25, 0.3) is 0 Å². The minimum atomic E-state index is -0.0756. The van der Waals surface area contributed by atoms with E-state index in [1.54, 1.807) is 0 Å². The van der Waals surface area contributed by atoms with Crippen molar-refractivity contribution < 1.29 is 9.90 Å². The SMILES string of the molecule is CCC(C(=O)N(CCO)C1CCC1)c1ccccc1. The first-order valence-corrected chi connectivity index (χ1v) is 7.24. The highest BCUT2D eigenvalue weighted by Crippen LogP contribution is 2.29. The van der Waals surface area contributed by atoms with E-state index in [1.165, 1.54) is 6.42 Å². The van der Waals surface area contributed by atoms with E-state index in [2.05, 4.69) is 0 Å². The molecule has 3 nitrogen and oxygen atoms in total. The summed E-state index contributed by atoms with van der Waals surface area (Å²) in [5.41, 5.74) is 1.08. The van der Waals surface area contributed by atoms with Gasteiger partial charge in [-0.25, -0.2) is 0 Å². The molecule has 1 aromatic rings. The van der Waals surface area contributed by atoms with Crippen molar-refractivity contribution in [2.75, 3.05) is 13.2 Å². The molecule has 1 aliphatic rings. The summed E-state index contributed by atoms with van der Waals surface area (Å²) < 4.78 is 0. The number of benzene rings is 1.